The van der Waals surface area contributed by atoms with E-state index in [2.05, 4.69) is 29.9 Å². The van der Waals surface area contributed by atoms with Crippen LogP contribution in [-0.4, -0.2) is 48.9 Å². The summed E-state index contributed by atoms with van der Waals surface area (Å²) in [5.41, 5.74) is 17.8. The van der Waals surface area contributed by atoms with Crippen molar-refractivity contribution in [1.82, 2.24) is 15.0 Å². The molecule has 180 valence electrons. The van der Waals surface area contributed by atoms with Gasteiger partial charge in [0.1, 0.15) is 34.7 Å². The molecule has 0 fully saturated rings. The molecule has 12 nitrogen and oxygen atoms in total. The van der Waals surface area contributed by atoms with Gasteiger partial charge in [-0.05, 0) is 36.4 Å². The van der Waals surface area contributed by atoms with Crippen LogP contribution in [0, 0.1) is 0 Å². The molecule has 3 aromatic heterocycles. The van der Waals surface area contributed by atoms with Gasteiger partial charge in [-0.1, -0.05) is 0 Å². The molecule has 12 heteroatoms. The third-order valence-corrected chi connectivity index (χ3v) is 4.87. The molecule has 36 heavy (non-hydrogen) atoms. The normalized spacial score (nSPS) is 11.7. The average molecular weight is 483 g/mol. The number of hydrogen-bond acceptors (Lipinski definition) is 12. The molecule has 0 spiro atoms. The summed E-state index contributed by atoms with van der Waals surface area (Å²) >= 11 is 0. The second-order valence-electron chi connectivity index (χ2n) is 7.39. The van der Waals surface area contributed by atoms with Crippen molar-refractivity contribution in [2.45, 2.75) is 0 Å². The van der Waals surface area contributed by atoms with E-state index in [0.717, 1.165) is 0 Å². The molecule has 0 aliphatic carbocycles. The number of phenolic OH excluding ortho intramolecular Hbond substituents is 3. The smallest absolute Gasteiger partial charge is 0.140 e. The summed E-state index contributed by atoms with van der Waals surface area (Å²) in [7, 11) is 0. The largest absolute Gasteiger partial charge is 0.506 e. The van der Waals surface area contributed by atoms with Gasteiger partial charge in [0, 0.05) is 18.6 Å². The van der Waals surface area contributed by atoms with Gasteiger partial charge in [0.05, 0.1) is 52.3 Å². The van der Waals surface area contributed by atoms with E-state index in [-0.39, 0.29) is 16.7 Å². The highest BCUT2D eigenvalue weighted by molar-refractivity contribution is 6.04. The van der Waals surface area contributed by atoms with Crippen LogP contribution in [-0.2, 0) is 0 Å². The zero-order chi connectivity index (χ0) is 25.7. The van der Waals surface area contributed by atoms with Crippen molar-refractivity contribution < 1.29 is 15.3 Å². The number of aromatic hydroxyl groups is 3. The Balaban J connectivity index is 1.81. The standard InChI is InChI=1S/C24H21N9O3/c25-19-4-1-13(7-31-19)28-10-16-22(34)17(11-29-14-2-5-20(26)32-8-14)24(36)18(23(16)35)12-30-15-3-6-21(27)33-9-15/h1-12,34-36H,(H2,25,31)(H2,26,32)(H2,27,33). The van der Waals surface area contributed by atoms with Crippen molar-refractivity contribution >= 4 is 53.2 Å². The highest BCUT2D eigenvalue weighted by atomic mass is 16.3. The Morgan fingerprint density at radius 3 is 1.00 bits per heavy atom. The number of aromatic nitrogens is 3. The topological polar surface area (TPSA) is 214 Å². The van der Waals surface area contributed by atoms with E-state index in [1.807, 2.05) is 0 Å². The number of phenols is 3. The van der Waals surface area contributed by atoms with Crippen LogP contribution in [0.25, 0.3) is 0 Å². The number of hydrogen-bond donors (Lipinski definition) is 6. The van der Waals surface area contributed by atoms with Crippen LogP contribution in [0.5, 0.6) is 17.2 Å². The molecular weight excluding hydrogens is 462 g/mol. The first-order valence-corrected chi connectivity index (χ1v) is 10.4. The molecule has 0 saturated carbocycles. The van der Waals surface area contributed by atoms with Gasteiger partial charge >= 0.3 is 0 Å². The molecule has 0 radical (unpaired) electrons. The highest BCUT2D eigenvalue weighted by Gasteiger charge is 2.21. The van der Waals surface area contributed by atoms with Crippen molar-refractivity contribution in [3.63, 3.8) is 0 Å². The first-order valence-electron chi connectivity index (χ1n) is 10.4. The molecule has 3 heterocycles. The number of nitrogens with two attached hydrogens (primary N) is 3. The lowest BCUT2D eigenvalue weighted by molar-refractivity contribution is 0.425. The minimum Gasteiger partial charge on any atom is -0.506 e. The van der Waals surface area contributed by atoms with E-state index in [4.69, 9.17) is 17.2 Å². The third kappa shape index (κ3) is 5.34. The summed E-state index contributed by atoms with van der Waals surface area (Å²) in [5, 5.41) is 32.7. The van der Waals surface area contributed by atoms with Crippen LogP contribution in [0.15, 0.2) is 70.0 Å². The van der Waals surface area contributed by atoms with Gasteiger partial charge in [-0.2, -0.15) is 0 Å². The van der Waals surface area contributed by atoms with E-state index >= 15 is 0 Å². The second kappa shape index (κ2) is 10.2. The first-order chi connectivity index (χ1) is 17.3. The molecule has 0 aliphatic rings. The lowest BCUT2D eigenvalue weighted by Crippen LogP contribution is -1.98. The maximum atomic E-state index is 10.9. The van der Waals surface area contributed by atoms with Gasteiger partial charge in [0.25, 0.3) is 0 Å². The van der Waals surface area contributed by atoms with Crippen LogP contribution in [0.1, 0.15) is 16.7 Å². The minimum atomic E-state index is -0.462. The lowest BCUT2D eigenvalue weighted by Gasteiger charge is -2.12. The van der Waals surface area contributed by atoms with Crippen molar-refractivity contribution in [2.75, 3.05) is 17.2 Å². The van der Waals surface area contributed by atoms with Gasteiger partial charge in [0.2, 0.25) is 0 Å². The van der Waals surface area contributed by atoms with Crippen LogP contribution in [0.3, 0.4) is 0 Å². The quantitative estimate of drug-likeness (QED) is 0.222. The Hall–Kier alpha value is -5.52. The lowest BCUT2D eigenvalue weighted by atomic mass is 10.0. The predicted octanol–water partition coefficient (Wildman–Crippen LogP) is 2.99. The van der Waals surface area contributed by atoms with E-state index in [9.17, 15) is 15.3 Å². The summed E-state index contributed by atoms with van der Waals surface area (Å²) < 4.78 is 0. The molecular formula is C24H21N9O3. The SMILES string of the molecule is Nc1ccc(N=Cc2c(O)c(C=Nc3ccc(N)nc3)c(O)c(C=Nc3ccc(N)nc3)c2O)cn1. The van der Waals surface area contributed by atoms with Crippen LogP contribution >= 0.6 is 0 Å². The van der Waals surface area contributed by atoms with E-state index in [1.54, 1.807) is 36.4 Å². The highest BCUT2D eigenvalue weighted by Crippen LogP contribution is 2.40. The van der Waals surface area contributed by atoms with Gasteiger partial charge in [-0.15, -0.1) is 0 Å². The fourth-order valence-corrected chi connectivity index (χ4v) is 2.98. The number of nitrogens with zero attached hydrogens (tertiary/aromatic N) is 6. The second-order valence-corrected chi connectivity index (χ2v) is 7.39. The molecule has 0 unspecified atom stereocenters. The fourth-order valence-electron chi connectivity index (χ4n) is 2.98. The molecule has 9 N–H and O–H groups in total. The predicted molar refractivity (Wildman–Crippen MR) is 139 cm³/mol. The molecule has 0 saturated heterocycles. The minimum absolute atomic E-state index is 0.0848. The molecule has 0 bridgehead atoms. The molecule has 0 amide bonds. The number of anilines is 3. The monoisotopic (exact) mass is 483 g/mol. The van der Waals surface area contributed by atoms with Crippen LogP contribution in [0.2, 0.25) is 0 Å². The molecule has 4 aromatic rings. The average Bonchev–Trinajstić information content (AvgIpc) is 2.87. The molecule has 0 aliphatic heterocycles. The van der Waals surface area contributed by atoms with Crippen LogP contribution in [0.4, 0.5) is 34.5 Å². The van der Waals surface area contributed by atoms with Crippen molar-refractivity contribution in [1.29, 1.82) is 0 Å². The van der Waals surface area contributed by atoms with Gasteiger partial charge in [0.15, 0.2) is 0 Å². The maximum Gasteiger partial charge on any atom is 0.140 e. The van der Waals surface area contributed by atoms with E-state index in [0.29, 0.717) is 34.5 Å². The molecule has 0 atom stereocenters. The zero-order valence-electron chi connectivity index (χ0n) is 18.7. The summed E-state index contributed by atoms with van der Waals surface area (Å²) in [6, 6.07) is 9.50. The Kier molecular flexibility index (Phi) is 6.68. The maximum absolute atomic E-state index is 10.9. The van der Waals surface area contributed by atoms with E-state index < -0.39 is 17.2 Å². The Morgan fingerprint density at radius 1 is 0.500 bits per heavy atom. The van der Waals surface area contributed by atoms with Gasteiger partial charge in [-0.3, -0.25) is 15.0 Å². The summed E-state index contributed by atoms with van der Waals surface area (Å²) in [4.78, 5) is 24.5. The Bertz CT molecular complexity index is 1260. The van der Waals surface area contributed by atoms with E-state index in [1.165, 1.54) is 37.2 Å². The number of pyridine rings is 3. The number of benzene rings is 1. The Labute approximate surface area is 204 Å². The number of aliphatic imine (C=N–C) groups is 3. The number of rotatable bonds is 6. The fraction of sp³-hybridized carbons (Fsp3) is 0. The number of nitrogen functional groups attached to an aromatic ring is 3. The zero-order valence-corrected chi connectivity index (χ0v) is 18.7. The van der Waals surface area contributed by atoms with Crippen molar-refractivity contribution in [3.05, 3.63) is 71.7 Å². The summed E-state index contributed by atoms with van der Waals surface area (Å²) in [6.07, 6.45) is 7.94. The van der Waals surface area contributed by atoms with Crippen molar-refractivity contribution in [2.24, 2.45) is 15.0 Å². The first kappa shape index (κ1) is 23.6. The van der Waals surface area contributed by atoms with Gasteiger partial charge in [-0.25, -0.2) is 15.0 Å². The molecule has 1 aromatic carbocycles. The summed E-state index contributed by atoms with van der Waals surface area (Å²) in [5.74, 6) is -0.441. The van der Waals surface area contributed by atoms with Gasteiger partial charge < -0.3 is 32.5 Å². The summed E-state index contributed by atoms with van der Waals surface area (Å²) in [6.45, 7) is 0. The third-order valence-electron chi connectivity index (χ3n) is 4.87. The Morgan fingerprint density at radius 2 is 0.778 bits per heavy atom. The van der Waals surface area contributed by atoms with Crippen LogP contribution < -0.4 is 17.2 Å². The van der Waals surface area contributed by atoms with Crippen molar-refractivity contribution in [3.8, 4) is 17.2 Å². The molecule has 4 rings (SSSR count).